The molecule has 0 fully saturated rings. The second-order valence-corrected chi connectivity index (χ2v) is 8.42. The molecule has 1 N–H and O–H groups in total. The first-order valence-corrected chi connectivity index (χ1v) is 10.1. The van der Waals surface area contributed by atoms with Gasteiger partial charge in [0, 0.05) is 16.1 Å². The van der Waals surface area contributed by atoms with Crippen LogP contribution in [0.2, 0.25) is 5.02 Å². The van der Waals surface area contributed by atoms with Crippen molar-refractivity contribution in [1.29, 1.82) is 0 Å². The first-order chi connectivity index (χ1) is 12.8. The third-order valence-corrected chi connectivity index (χ3v) is 5.73. The molecule has 0 saturated heterocycles. The number of hydrogen-bond acceptors (Lipinski definition) is 3. The Hall–Kier alpha value is -2.63. The van der Waals surface area contributed by atoms with Crippen LogP contribution in [0.5, 0.6) is 0 Å². The molecule has 0 aliphatic heterocycles. The monoisotopic (exact) mass is 399 g/mol. The Bertz CT molecular complexity index is 1090. The number of carbonyl (C=O) groups excluding carboxylic acids is 1. The summed E-state index contributed by atoms with van der Waals surface area (Å²) in [6, 6.07) is 18.1. The van der Waals surface area contributed by atoms with Crippen molar-refractivity contribution in [2.75, 3.05) is 4.72 Å². The van der Waals surface area contributed by atoms with Crippen LogP contribution in [0.3, 0.4) is 0 Å². The summed E-state index contributed by atoms with van der Waals surface area (Å²) >= 11 is 6.05. The molecule has 0 saturated carbocycles. The normalized spacial score (nSPS) is 11.2. The summed E-state index contributed by atoms with van der Waals surface area (Å²) in [5, 5.41) is 0.351. The molecule has 0 heterocycles. The number of carbonyl (C=O) groups is 1. The molecular weight excluding hydrogens is 382 g/mol. The molecule has 27 heavy (non-hydrogen) atoms. The Labute approximate surface area is 163 Å². The van der Waals surface area contributed by atoms with Crippen molar-refractivity contribution in [3.63, 3.8) is 0 Å². The lowest BCUT2D eigenvalue weighted by Crippen LogP contribution is -2.16. The predicted octanol–water partition coefficient (Wildman–Crippen LogP) is 4.99. The van der Waals surface area contributed by atoms with Gasteiger partial charge in [-0.05, 0) is 44.2 Å². The van der Waals surface area contributed by atoms with Crippen molar-refractivity contribution in [1.82, 2.24) is 0 Å². The third kappa shape index (κ3) is 4.38. The van der Waals surface area contributed by atoms with Crippen molar-refractivity contribution >= 4 is 33.1 Å². The van der Waals surface area contributed by atoms with Crippen LogP contribution in [0.4, 0.5) is 5.69 Å². The van der Waals surface area contributed by atoms with Crippen LogP contribution in [0, 0.1) is 13.8 Å². The maximum atomic E-state index is 12.9. The molecule has 138 valence electrons. The number of anilines is 1. The SMILES string of the molecule is Cc1ccc(C(=O)c2cc(Cl)ccc2NS(=O)(=O)c2ccc(C)cc2)cc1. The minimum atomic E-state index is -3.83. The maximum absolute atomic E-state index is 12.9. The molecule has 3 aromatic rings. The average Bonchev–Trinajstić information content (AvgIpc) is 2.63. The van der Waals surface area contributed by atoms with Gasteiger partial charge in [-0.25, -0.2) is 8.42 Å². The van der Waals surface area contributed by atoms with E-state index < -0.39 is 10.0 Å². The summed E-state index contributed by atoms with van der Waals surface area (Å²) in [7, 11) is -3.83. The zero-order chi connectivity index (χ0) is 19.6. The zero-order valence-electron chi connectivity index (χ0n) is 14.9. The first kappa shape index (κ1) is 19.1. The lowest BCUT2D eigenvalue weighted by Gasteiger charge is -2.13. The van der Waals surface area contributed by atoms with E-state index in [2.05, 4.69) is 4.72 Å². The van der Waals surface area contributed by atoms with E-state index in [-0.39, 0.29) is 21.9 Å². The van der Waals surface area contributed by atoms with Gasteiger partial charge in [0.2, 0.25) is 0 Å². The smallest absolute Gasteiger partial charge is 0.261 e. The van der Waals surface area contributed by atoms with Crippen molar-refractivity contribution in [3.8, 4) is 0 Å². The van der Waals surface area contributed by atoms with Gasteiger partial charge in [-0.15, -0.1) is 0 Å². The van der Waals surface area contributed by atoms with Crippen LogP contribution in [0.15, 0.2) is 71.6 Å². The number of ketones is 1. The number of rotatable bonds is 5. The van der Waals surface area contributed by atoms with E-state index in [9.17, 15) is 13.2 Å². The summed E-state index contributed by atoms with van der Waals surface area (Å²) in [5.41, 5.74) is 2.82. The van der Waals surface area contributed by atoms with Gasteiger partial charge in [0.1, 0.15) is 0 Å². The van der Waals surface area contributed by atoms with Crippen molar-refractivity contribution in [2.45, 2.75) is 18.7 Å². The lowest BCUT2D eigenvalue weighted by molar-refractivity contribution is 0.103. The predicted molar refractivity (Wildman–Crippen MR) is 108 cm³/mol. The topological polar surface area (TPSA) is 63.2 Å². The Morgan fingerprint density at radius 1 is 0.852 bits per heavy atom. The van der Waals surface area contributed by atoms with Gasteiger partial charge in [-0.2, -0.15) is 0 Å². The molecule has 0 bridgehead atoms. The Morgan fingerprint density at radius 2 is 1.41 bits per heavy atom. The number of hydrogen-bond donors (Lipinski definition) is 1. The van der Waals surface area contributed by atoms with Gasteiger partial charge in [0.05, 0.1) is 10.6 Å². The van der Waals surface area contributed by atoms with Gasteiger partial charge >= 0.3 is 0 Å². The second kappa shape index (κ2) is 7.55. The van der Waals surface area contributed by atoms with E-state index in [1.54, 1.807) is 30.3 Å². The van der Waals surface area contributed by atoms with Crippen LogP contribution in [-0.4, -0.2) is 14.2 Å². The fourth-order valence-electron chi connectivity index (χ4n) is 2.57. The van der Waals surface area contributed by atoms with Crippen LogP contribution < -0.4 is 4.72 Å². The second-order valence-electron chi connectivity index (χ2n) is 6.30. The summed E-state index contributed by atoms with van der Waals surface area (Å²) in [5.74, 6) is -0.306. The molecule has 0 aliphatic carbocycles. The highest BCUT2D eigenvalue weighted by molar-refractivity contribution is 7.92. The Morgan fingerprint density at radius 3 is 2.00 bits per heavy atom. The molecule has 0 radical (unpaired) electrons. The molecule has 0 aliphatic rings. The van der Waals surface area contributed by atoms with E-state index in [0.29, 0.717) is 10.6 Å². The molecular formula is C21H18ClNO3S. The van der Waals surface area contributed by atoms with E-state index in [1.165, 1.54) is 24.3 Å². The highest BCUT2D eigenvalue weighted by Crippen LogP contribution is 2.26. The molecule has 3 rings (SSSR count). The quantitative estimate of drug-likeness (QED) is 0.615. The zero-order valence-corrected chi connectivity index (χ0v) is 16.4. The van der Waals surface area contributed by atoms with Crippen molar-refractivity contribution in [2.24, 2.45) is 0 Å². The van der Waals surface area contributed by atoms with Gasteiger partial charge in [0.15, 0.2) is 5.78 Å². The highest BCUT2D eigenvalue weighted by Gasteiger charge is 2.20. The molecule has 6 heteroatoms. The van der Waals surface area contributed by atoms with E-state index >= 15 is 0 Å². The molecule has 0 amide bonds. The molecule has 0 aromatic heterocycles. The largest absolute Gasteiger partial charge is 0.289 e. The number of nitrogens with one attached hydrogen (secondary N) is 1. The first-order valence-electron chi connectivity index (χ1n) is 8.27. The number of halogens is 1. The molecule has 0 atom stereocenters. The summed E-state index contributed by atoms with van der Waals surface area (Å²) in [4.78, 5) is 13.0. The van der Waals surface area contributed by atoms with Crippen LogP contribution in [0.25, 0.3) is 0 Å². The van der Waals surface area contributed by atoms with Crippen molar-refractivity contribution in [3.05, 3.63) is 94.0 Å². The highest BCUT2D eigenvalue weighted by atomic mass is 35.5. The standard InChI is InChI=1S/C21H18ClNO3S/c1-14-3-7-16(8-4-14)21(24)19-13-17(22)9-12-20(19)23-27(25,26)18-10-5-15(2)6-11-18/h3-13,23H,1-2H3. The fraction of sp³-hybridized carbons (Fsp3) is 0.0952. The van der Waals surface area contributed by atoms with E-state index in [4.69, 9.17) is 11.6 Å². The van der Waals surface area contributed by atoms with Gasteiger partial charge in [0.25, 0.3) is 10.0 Å². The van der Waals surface area contributed by atoms with Crippen LogP contribution in [-0.2, 0) is 10.0 Å². The van der Waals surface area contributed by atoms with E-state index in [0.717, 1.165) is 11.1 Å². The number of aryl methyl sites for hydroxylation is 2. The maximum Gasteiger partial charge on any atom is 0.261 e. The molecule has 0 unspecified atom stereocenters. The minimum absolute atomic E-state index is 0.122. The lowest BCUT2D eigenvalue weighted by atomic mass is 10.0. The van der Waals surface area contributed by atoms with Crippen LogP contribution in [0.1, 0.15) is 27.0 Å². The van der Waals surface area contributed by atoms with Gasteiger partial charge < -0.3 is 0 Å². The number of benzene rings is 3. The van der Waals surface area contributed by atoms with Crippen LogP contribution >= 0.6 is 11.6 Å². The Balaban J connectivity index is 2.00. The molecule has 3 aromatic carbocycles. The van der Waals surface area contributed by atoms with Gasteiger partial charge in [-0.1, -0.05) is 59.1 Å². The fourth-order valence-corrected chi connectivity index (χ4v) is 3.83. The molecule has 4 nitrogen and oxygen atoms in total. The average molecular weight is 400 g/mol. The third-order valence-electron chi connectivity index (χ3n) is 4.12. The minimum Gasteiger partial charge on any atom is -0.289 e. The summed E-state index contributed by atoms with van der Waals surface area (Å²) in [6.45, 7) is 3.80. The Kier molecular flexibility index (Phi) is 5.35. The molecule has 0 spiro atoms. The summed E-state index contributed by atoms with van der Waals surface area (Å²) in [6.07, 6.45) is 0. The van der Waals surface area contributed by atoms with E-state index in [1.807, 2.05) is 26.0 Å². The summed E-state index contributed by atoms with van der Waals surface area (Å²) < 4.78 is 27.9. The van der Waals surface area contributed by atoms with Crippen molar-refractivity contribution < 1.29 is 13.2 Å². The number of sulfonamides is 1. The van der Waals surface area contributed by atoms with Gasteiger partial charge in [-0.3, -0.25) is 9.52 Å².